The Morgan fingerprint density at radius 1 is 1.56 bits per heavy atom. The van der Waals surface area contributed by atoms with Crippen LogP contribution in [0.4, 0.5) is 0 Å². The van der Waals surface area contributed by atoms with E-state index in [0.717, 1.165) is 0 Å². The topological polar surface area (TPSA) is 105 Å². The molecule has 0 aliphatic rings. The van der Waals surface area contributed by atoms with Gasteiger partial charge in [0.2, 0.25) is 0 Å². The fraction of sp³-hybridized carbons (Fsp3) is 0.636. The molecule has 0 saturated heterocycles. The number of aromatic nitrogens is 1. The molecule has 7 nitrogen and oxygen atoms in total. The third-order valence-corrected chi connectivity index (χ3v) is 2.53. The van der Waals surface area contributed by atoms with Crippen molar-refractivity contribution in [1.29, 1.82) is 0 Å². The van der Waals surface area contributed by atoms with E-state index < -0.39 is 18.6 Å². The highest BCUT2D eigenvalue weighted by Gasteiger charge is 2.24. The van der Waals surface area contributed by atoms with Gasteiger partial charge < -0.3 is 24.8 Å². The molecule has 7 heteroatoms. The van der Waals surface area contributed by atoms with Crippen molar-refractivity contribution in [3.63, 3.8) is 0 Å². The summed E-state index contributed by atoms with van der Waals surface area (Å²) in [6.45, 7) is 3.17. The monoisotopic (exact) mass is 258 g/mol. The Morgan fingerprint density at radius 3 is 2.72 bits per heavy atom. The van der Waals surface area contributed by atoms with Crippen LogP contribution in [0.3, 0.4) is 0 Å². The van der Waals surface area contributed by atoms with Crippen molar-refractivity contribution in [3.8, 4) is 0 Å². The normalized spacial score (nSPS) is 14.3. The van der Waals surface area contributed by atoms with Crippen LogP contribution >= 0.6 is 0 Å². The molecule has 0 saturated carbocycles. The lowest BCUT2D eigenvalue weighted by Crippen LogP contribution is -2.32. The summed E-state index contributed by atoms with van der Waals surface area (Å²) in [6.07, 6.45) is -1.08. The average Bonchev–Trinajstić information content (AvgIpc) is 2.79. The Hall–Kier alpha value is -1.44. The molecule has 18 heavy (non-hydrogen) atoms. The molecule has 0 aromatic carbocycles. The van der Waals surface area contributed by atoms with Crippen LogP contribution in [0.25, 0.3) is 0 Å². The van der Waals surface area contributed by atoms with E-state index in [-0.39, 0.29) is 23.1 Å². The van der Waals surface area contributed by atoms with Gasteiger partial charge in [-0.1, -0.05) is 5.16 Å². The van der Waals surface area contributed by atoms with Gasteiger partial charge in [0.25, 0.3) is 5.91 Å². The molecule has 0 aliphatic heterocycles. The summed E-state index contributed by atoms with van der Waals surface area (Å²) in [5, 5.41) is 24.8. The van der Waals surface area contributed by atoms with E-state index in [4.69, 9.17) is 14.4 Å². The van der Waals surface area contributed by atoms with E-state index in [1.807, 2.05) is 0 Å². The number of rotatable bonds is 6. The summed E-state index contributed by atoms with van der Waals surface area (Å²) < 4.78 is 9.80. The fourth-order valence-corrected chi connectivity index (χ4v) is 1.44. The molecular formula is C11H18N2O5. The molecule has 0 fully saturated rings. The maximum Gasteiger partial charge on any atom is 0.273 e. The average molecular weight is 258 g/mol. The van der Waals surface area contributed by atoms with Crippen molar-refractivity contribution < 1.29 is 24.3 Å². The highest BCUT2D eigenvalue weighted by atomic mass is 16.5. The number of aliphatic hydroxyl groups is 2. The van der Waals surface area contributed by atoms with Gasteiger partial charge in [0.1, 0.15) is 6.61 Å². The molecule has 3 N–H and O–H groups in total. The molecule has 0 aliphatic carbocycles. The lowest BCUT2D eigenvalue weighted by Gasteiger charge is -2.10. The molecule has 2 unspecified atom stereocenters. The predicted molar refractivity (Wildman–Crippen MR) is 61.9 cm³/mol. The lowest BCUT2D eigenvalue weighted by atomic mass is 10.1. The van der Waals surface area contributed by atoms with Gasteiger partial charge in [-0.3, -0.25) is 4.79 Å². The molecule has 0 radical (unpaired) electrons. The van der Waals surface area contributed by atoms with Crippen LogP contribution in [0.2, 0.25) is 0 Å². The Bertz CT molecular complexity index is 402. The zero-order valence-electron chi connectivity index (χ0n) is 10.6. The minimum absolute atomic E-state index is 0.0163. The molecule has 0 spiro atoms. The van der Waals surface area contributed by atoms with Crippen molar-refractivity contribution >= 4 is 5.91 Å². The van der Waals surface area contributed by atoms with E-state index in [9.17, 15) is 9.90 Å². The zero-order chi connectivity index (χ0) is 13.7. The summed E-state index contributed by atoms with van der Waals surface area (Å²) in [4.78, 5) is 11.8. The minimum Gasteiger partial charge on any atom is -0.388 e. The predicted octanol–water partition coefficient (Wildman–Crippen LogP) is -0.0151. The Kier molecular flexibility index (Phi) is 5.26. The second-order valence-electron chi connectivity index (χ2n) is 3.96. The second kappa shape index (κ2) is 6.48. The summed E-state index contributed by atoms with van der Waals surface area (Å²) in [5.41, 5.74) is 0.192. The van der Waals surface area contributed by atoms with Crippen LogP contribution in [0.1, 0.15) is 41.8 Å². The lowest BCUT2D eigenvalue weighted by molar-refractivity contribution is 0.0858. The quantitative estimate of drug-likeness (QED) is 0.662. The fourth-order valence-electron chi connectivity index (χ4n) is 1.44. The second-order valence-corrected chi connectivity index (χ2v) is 3.96. The Labute approximate surface area is 105 Å². The van der Waals surface area contributed by atoms with Gasteiger partial charge >= 0.3 is 0 Å². The van der Waals surface area contributed by atoms with Crippen LogP contribution in [0.15, 0.2) is 4.52 Å². The number of nitrogens with zero attached hydrogens (tertiary/aromatic N) is 1. The minimum atomic E-state index is -0.945. The number of amides is 1. The Morgan fingerprint density at radius 2 is 2.22 bits per heavy atom. The van der Waals surface area contributed by atoms with Gasteiger partial charge in [-0.2, -0.15) is 0 Å². The largest absolute Gasteiger partial charge is 0.388 e. The standard InChI is InChI=1S/C11H18N2O5/c1-6(17-3)4-12-11(16)10-9(7(2)15)8(5-14)18-13-10/h6-7,14-15H,4-5H2,1-3H3,(H,12,16). The molecule has 1 rings (SSSR count). The van der Waals surface area contributed by atoms with Crippen molar-refractivity contribution in [2.45, 2.75) is 32.7 Å². The van der Waals surface area contributed by atoms with Gasteiger partial charge in [-0.05, 0) is 13.8 Å². The first-order valence-electron chi connectivity index (χ1n) is 5.59. The van der Waals surface area contributed by atoms with E-state index in [0.29, 0.717) is 6.54 Å². The van der Waals surface area contributed by atoms with Crippen molar-refractivity contribution in [3.05, 3.63) is 17.0 Å². The highest BCUT2D eigenvalue weighted by Crippen LogP contribution is 2.22. The van der Waals surface area contributed by atoms with E-state index in [1.165, 1.54) is 14.0 Å². The highest BCUT2D eigenvalue weighted by molar-refractivity contribution is 5.93. The first-order chi connectivity index (χ1) is 8.51. The van der Waals surface area contributed by atoms with Gasteiger partial charge in [0, 0.05) is 13.7 Å². The van der Waals surface area contributed by atoms with Gasteiger partial charge in [-0.25, -0.2) is 0 Å². The number of aliphatic hydroxyl groups excluding tert-OH is 2. The molecule has 1 heterocycles. The molecule has 2 atom stereocenters. The van der Waals surface area contributed by atoms with Crippen LogP contribution < -0.4 is 5.32 Å². The first kappa shape index (κ1) is 14.6. The summed E-state index contributed by atoms with van der Waals surface area (Å²) in [7, 11) is 1.54. The maximum absolute atomic E-state index is 11.8. The van der Waals surface area contributed by atoms with Crippen LogP contribution in [0.5, 0.6) is 0 Å². The van der Waals surface area contributed by atoms with Crippen LogP contribution in [-0.2, 0) is 11.3 Å². The van der Waals surface area contributed by atoms with Crippen LogP contribution in [0, 0.1) is 0 Å². The third kappa shape index (κ3) is 3.28. The summed E-state index contributed by atoms with van der Waals surface area (Å²) >= 11 is 0. The van der Waals surface area contributed by atoms with Gasteiger partial charge in [-0.15, -0.1) is 0 Å². The number of hydrogen-bond acceptors (Lipinski definition) is 6. The number of methoxy groups -OCH3 is 1. The Balaban J connectivity index is 2.82. The van der Waals surface area contributed by atoms with E-state index in [2.05, 4.69) is 10.5 Å². The maximum atomic E-state index is 11.8. The van der Waals surface area contributed by atoms with Crippen molar-refractivity contribution in [1.82, 2.24) is 10.5 Å². The summed E-state index contributed by atoms with van der Waals surface area (Å²) in [5.74, 6) is -0.381. The zero-order valence-corrected chi connectivity index (χ0v) is 10.6. The number of hydrogen-bond donors (Lipinski definition) is 3. The number of carbonyl (C=O) groups excluding carboxylic acids is 1. The molecule has 1 amide bonds. The van der Waals surface area contributed by atoms with E-state index >= 15 is 0 Å². The van der Waals surface area contributed by atoms with Crippen molar-refractivity contribution in [2.24, 2.45) is 0 Å². The molecule has 1 aromatic heterocycles. The third-order valence-electron chi connectivity index (χ3n) is 2.53. The van der Waals surface area contributed by atoms with Crippen LogP contribution in [-0.4, -0.2) is 41.0 Å². The number of ether oxygens (including phenoxy) is 1. The number of carbonyl (C=O) groups is 1. The smallest absolute Gasteiger partial charge is 0.273 e. The molecule has 1 aromatic rings. The first-order valence-corrected chi connectivity index (χ1v) is 5.59. The molecular weight excluding hydrogens is 240 g/mol. The van der Waals surface area contributed by atoms with Gasteiger partial charge in [0.05, 0.1) is 17.8 Å². The van der Waals surface area contributed by atoms with E-state index in [1.54, 1.807) is 6.92 Å². The SMILES string of the molecule is COC(C)CNC(=O)c1noc(CO)c1C(C)O. The number of nitrogens with one attached hydrogen (secondary N) is 1. The molecule has 0 bridgehead atoms. The van der Waals surface area contributed by atoms with Gasteiger partial charge in [0.15, 0.2) is 11.5 Å². The molecule has 102 valence electrons. The summed E-state index contributed by atoms with van der Waals surface area (Å²) in [6, 6.07) is 0. The van der Waals surface area contributed by atoms with Crippen molar-refractivity contribution in [2.75, 3.05) is 13.7 Å².